The molecule has 3 aromatic heterocycles. The minimum Gasteiger partial charge on any atom is -0.228 e. The van der Waals surface area contributed by atoms with Crippen LogP contribution >= 0.6 is 11.3 Å². The van der Waals surface area contributed by atoms with Crippen molar-refractivity contribution < 1.29 is 0 Å². The zero-order valence-corrected chi connectivity index (χ0v) is 30.4. The molecule has 0 saturated heterocycles. The lowest BCUT2D eigenvalue weighted by atomic mass is 9.97. The molecule has 10 aromatic rings. The summed E-state index contributed by atoms with van der Waals surface area (Å²) in [4.78, 5) is 25.1. The molecular formula is C49H31N5S. The van der Waals surface area contributed by atoms with Gasteiger partial charge >= 0.3 is 0 Å². The van der Waals surface area contributed by atoms with Gasteiger partial charge in [0.1, 0.15) is 0 Å². The van der Waals surface area contributed by atoms with Gasteiger partial charge in [-0.2, -0.15) is 0 Å². The molecule has 0 spiro atoms. The summed E-state index contributed by atoms with van der Waals surface area (Å²) in [5, 5.41) is 2.39. The molecule has 0 amide bonds. The normalized spacial score (nSPS) is 11.3. The minimum absolute atomic E-state index is 0.650. The maximum atomic E-state index is 5.06. The summed E-state index contributed by atoms with van der Waals surface area (Å²) < 4.78 is 2.35. The average Bonchev–Trinajstić information content (AvgIpc) is 3.67. The Kier molecular flexibility index (Phi) is 8.28. The van der Waals surface area contributed by atoms with Crippen LogP contribution in [0, 0.1) is 0 Å². The number of aromatic nitrogens is 5. The van der Waals surface area contributed by atoms with E-state index in [-0.39, 0.29) is 0 Å². The lowest BCUT2D eigenvalue weighted by Crippen LogP contribution is -2.00. The summed E-state index contributed by atoms with van der Waals surface area (Å²) in [5.41, 5.74) is 10.0. The third kappa shape index (κ3) is 6.24. The van der Waals surface area contributed by atoms with E-state index < -0.39 is 0 Å². The minimum atomic E-state index is 0.650. The Labute approximate surface area is 322 Å². The highest BCUT2D eigenvalue weighted by molar-refractivity contribution is 7.26. The van der Waals surface area contributed by atoms with Crippen LogP contribution in [0.25, 0.3) is 99.4 Å². The van der Waals surface area contributed by atoms with Crippen LogP contribution in [-0.4, -0.2) is 24.9 Å². The van der Waals surface area contributed by atoms with Gasteiger partial charge in [0.15, 0.2) is 23.3 Å². The lowest BCUT2D eigenvalue weighted by Gasteiger charge is -2.10. The summed E-state index contributed by atoms with van der Waals surface area (Å²) in [5.74, 6) is 2.65. The maximum absolute atomic E-state index is 5.06. The fourth-order valence-corrected chi connectivity index (χ4v) is 8.32. The van der Waals surface area contributed by atoms with Crippen molar-refractivity contribution in [2.24, 2.45) is 0 Å². The summed E-state index contributed by atoms with van der Waals surface area (Å²) in [6.45, 7) is 0. The van der Waals surface area contributed by atoms with Crippen molar-refractivity contribution in [1.82, 2.24) is 24.9 Å². The first-order valence-corrected chi connectivity index (χ1v) is 19.0. The zero-order valence-electron chi connectivity index (χ0n) is 29.5. The molecule has 55 heavy (non-hydrogen) atoms. The number of fused-ring (bicyclic) bond motifs is 3. The fourth-order valence-electron chi connectivity index (χ4n) is 7.08. The highest BCUT2D eigenvalue weighted by Crippen LogP contribution is 2.44. The number of hydrogen-bond acceptors (Lipinski definition) is 6. The van der Waals surface area contributed by atoms with E-state index in [1.807, 2.05) is 97.1 Å². The van der Waals surface area contributed by atoms with E-state index in [1.165, 1.54) is 21.0 Å². The largest absolute Gasteiger partial charge is 0.228 e. The molecular weight excluding hydrogens is 691 g/mol. The second kappa shape index (κ2) is 14.0. The molecule has 0 bridgehead atoms. The average molecular weight is 722 g/mol. The standard InChI is InChI=1S/C49H31N5S/c1-5-15-33(16-6-1)41-31-42(34-17-7-2-8-18-34)51-46(50-41)37-29-27-32(28-30-37)38-23-14-26-43-44(38)39-24-13-25-40(45(39)55-43)49-53-47(35-19-9-3-10-20-35)52-48(54-49)36-21-11-4-12-22-36/h1-31H. The van der Waals surface area contributed by atoms with Crippen molar-refractivity contribution in [1.29, 1.82) is 0 Å². The van der Waals surface area contributed by atoms with Gasteiger partial charge in [-0.05, 0) is 29.3 Å². The van der Waals surface area contributed by atoms with Crippen LogP contribution in [0.4, 0.5) is 0 Å². The molecule has 0 atom stereocenters. The molecule has 0 fully saturated rings. The third-order valence-electron chi connectivity index (χ3n) is 9.78. The summed E-state index contributed by atoms with van der Waals surface area (Å²) in [7, 11) is 0. The number of hydrogen-bond donors (Lipinski definition) is 0. The molecule has 6 heteroatoms. The molecule has 0 unspecified atom stereocenters. The van der Waals surface area contributed by atoms with Gasteiger partial charge in [-0.25, -0.2) is 24.9 Å². The van der Waals surface area contributed by atoms with Crippen molar-refractivity contribution in [2.45, 2.75) is 0 Å². The van der Waals surface area contributed by atoms with Gasteiger partial charge in [-0.3, -0.25) is 0 Å². The predicted molar refractivity (Wildman–Crippen MR) is 226 cm³/mol. The molecule has 3 heterocycles. The Morgan fingerprint density at radius 2 is 0.745 bits per heavy atom. The van der Waals surface area contributed by atoms with Crippen LogP contribution in [0.2, 0.25) is 0 Å². The SMILES string of the molecule is c1ccc(-c2cc(-c3ccccc3)nc(-c3ccc(-c4cccc5sc6c(-c7nc(-c8ccccc8)nc(-c8ccccc8)n7)cccc6c45)cc3)n2)cc1. The first-order valence-electron chi connectivity index (χ1n) is 18.2. The smallest absolute Gasteiger partial charge is 0.165 e. The van der Waals surface area contributed by atoms with Crippen molar-refractivity contribution in [3.05, 3.63) is 188 Å². The molecule has 7 aromatic carbocycles. The van der Waals surface area contributed by atoms with Crippen LogP contribution in [0.15, 0.2) is 188 Å². The number of nitrogens with zero attached hydrogens (tertiary/aromatic N) is 5. The van der Waals surface area contributed by atoms with Crippen LogP contribution in [-0.2, 0) is 0 Å². The van der Waals surface area contributed by atoms with Crippen LogP contribution in [0.3, 0.4) is 0 Å². The Balaban J connectivity index is 1.08. The van der Waals surface area contributed by atoms with Gasteiger partial charge in [0.2, 0.25) is 0 Å². The molecule has 0 saturated carbocycles. The number of rotatable bonds is 7. The summed E-state index contributed by atoms with van der Waals surface area (Å²) >= 11 is 1.77. The Morgan fingerprint density at radius 3 is 1.31 bits per heavy atom. The molecule has 258 valence electrons. The monoisotopic (exact) mass is 721 g/mol. The molecule has 0 radical (unpaired) electrons. The number of thiophene rings is 1. The van der Waals surface area contributed by atoms with Crippen molar-refractivity contribution in [3.63, 3.8) is 0 Å². The highest BCUT2D eigenvalue weighted by Gasteiger charge is 2.19. The number of benzene rings is 7. The maximum Gasteiger partial charge on any atom is 0.165 e. The van der Waals surface area contributed by atoms with Gasteiger partial charge in [0, 0.05) is 53.6 Å². The van der Waals surface area contributed by atoms with E-state index in [0.29, 0.717) is 23.3 Å². The topological polar surface area (TPSA) is 64.5 Å². The van der Waals surface area contributed by atoms with Gasteiger partial charge in [-0.1, -0.05) is 170 Å². The van der Waals surface area contributed by atoms with E-state index in [1.54, 1.807) is 11.3 Å². The first kappa shape index (κ1) is 32.5. The van der Waals surface area contributed by atoms with Crippen LogP contribution in [0.5, 0.6) is 0 Å². The Bertz CT molecular complexity index is 2830. The molecule has 0 aliphatic rings. The van der Waals surface area contributed by atoms with Crippen LogP contribution < -0.4 is 0 Å². The Morgan fingerprint density at radius 1 is 0.309 bits per heavy atom. The van der Waals surface area contributed by atoms with E-state index in [0.717, 1.165) is 55.0 Å². The van der Waals surface area contributed by atoms with Gasteiger partial charge in [0.25, 0.3) is 0 Å². The zero-order chi connectivity index (χ0) is 36.6. The fraction of sp³-hybridized carbons (Fsp3) is 0. The molecule has 5 nitrogen and oxygen atoms in total. The second-order valence-corrected chi connectivity index (χ2v) is 14.3. The van der Waals surface area contributed by atoms with Gasteiger partial charge in [-0.15, -0.1) is 11.3 Å². The molecule has 0 aliphatic heterocycles. The highest BCUT2D eigenvalue weighted by atomic mass is 32.1. The third-order valence-corrected chi connectivity index (χ3v) is 11.0. The predicted octanol–water partition coefficient (Wildman–Crippen LogP) is 12.7. The second-order valence-electron chi connectivity index (χ2n) is 13.3. The molecule has 10 rings (SSSR count). The van der Waals surface area contributed by atoms with Gasteiger partial charge in [0.05, 0.1) is 11.4 Å². The lowest BCUT2D eigenvalue weighted by molar-refractivity contribution is 1.08. The van der Waals surface area contributed by atoms with Crippen molar-refractivity contribution >= 4 is 31.5 Å². The van der Waals surface area contributed by atoms with E-state index in [9.17, 15) is 0 Å². The van der Waals surface area contributed by atoms with E-state index in [4.69, 9.17) is 24.9 Å². The van der Waals surface area contributed by atoms with Crippen molar-refractivity contribution in [2.75, 3.05) is 0 Å². The first-order chi connectivity index (χ1) is 27.2. The summed E-state index contributed by atoms with van der Waals surface area (Å²) in [6, 6.07) is 64.5. The molecule has 0 N–H and O–H groups in total. The quantitative estimate of drug-likeness (QED) is 0.164. The Hall–Kier alpha value is -7.15. The van der Waals surface area contributed by atoms with E-state index in [2.05, 4.69) is 91.0 Å². The van der Waals surface area contributed by atoms with Crippen LogP contribution in [0.1, 0.15) is 0 Å². The van der Waals surface area contributed by atoms with E-state index >= 15 is 0 Å². The van der Waals surface area contributed by atoms with Crippen molar-refractivity contribution in [3.8, 4) is 79.2 Å². The van der Waals surface area contributed by atoms with Gasteiger partial charge < -0.3 is 0 Å². The summed E-state index contributed by atoms with van der Waals surface area (Å²) in [6.07, 6.45) is 0. The molecule has 0 aliphatic carbocycles.